The number of benzene rings is 1. The number of rotatable bonds is 3. The number of aromatic nitrogens is 1. The maximum Gasteiger partial charge on any atom is 0.206 e. The van der Waals surface area contributed by atoms with Crippen molar-refractivity contribution in [2.24, 2.45) is 0 Å². The van der Waals surface area contributed by atoms with Gasteiger partial charge in [0.25, 0.3) is 0 Å². The number of nitrogens with zero attached hydrogens (tertiary/aromatic N) is 1. The molecule has 0 radical (unpaired) electrons. The highest BCUT2D eigenvalue weighted by Gasteiger charge is 1.97. The van der Waals surface area contributed by atoms with Gasteiger partial charge in [0.1, 0.15) is 11.5 Å². The highest BCUT2D eigenvalue weighted by Crippen LogP contribution is 2.21. The van der Waals surface area contributed by atoms with Gasteiger partial charge in [-0.1, -0.05) is 12.1 Å². The van der Waals surface area contributed by atoms with Crippen LogP contribution in [-0.4, -0.2) is 18.4 Å². The number of carbonyl (C=O) groups is 1. The first kappa shape index (κ1) is 14.7. The van der Waals surface area contributed by atoms with E-state index in [0.29, 0.717) is 6.41 Å². The van der Waals surface area contributed by atoms with Gasteiger partial charge in [-0.3, -0.25) is 9.78 Å². The van der Waals surface area contributed by atoms with Crippen LogP contribution in [0.3, 0.4) is 0 Å². The van der Waals surface area contributed by atoms with Crippen molar-refractivity contribution < 1.29 is 9.53 Å². The molecular weight excluding hydrogens is 240 g/mol. The first-order valence-electron chi connectivity index (χ1n) is 5.94. The van der Waals surface area contributed by atoms with E-state index in [0.717, 1.165) is 17.2 Å². The zero-order valence-corrected chi connectivity index (χ0v) is 11.4. The molecule has 100 valence electrons. The standard InChI is InChI=1S/C13H13NO.C2H5NO/c1-10-4-3-5-12(8-10)15-13-6-7-14-11(2)9-13;1-3-2-4/h3-9H,1-2H3;2H,1H3,(H,3,4). The largest absolute Gasteiger partial charge is 0.457 e. The minimum atomic E-state index is 0.625. The predicted octanol–water partition coefficient (Wildman–Crippen LogP) is 2.85. The summed E-state index contributed by atoms with van der Waals surface area (Å²) in [7, 11) is 1.56. The highest BCUT2D eigenvalue weighted by atomic mass is 16.5. The molecule has 0 aliphatic heterocycles. The summed E-state index contributed by atoms with van der Waals surface area (Å²) in [5.74, 6) is 1.69. The molecule has 0 atom stereocenters. The van der Waals surface area contributed by atoms with Gasteiger partial charge >= 0.3 is 0 Å². The summed E-state index contributed by atoms with van der Waals surface area (Å²) < 4.78 is 5.70. The van der Waals surface area contributed by atoms with Crippen LogP contribution in [0.4, 0.5) is 0 Å². The molecule has 1 amide bonds. The van der Waals surface area contributed by atoms with E-state index in [1.54, 1.807) is 13.2 Å². The van der Waals surface area contributed by atoms with E-state index >= 15 is 0 Å². The van der Waals surface area contributed by atoms with Gasteiger partial charge in [-0.15, -0.1) is 0 Å². The summed E-state index contributed by atoms with van der Waals surface area (Å²) in [6, 6.07) is 11.8. The Morgan fingerprint density at radius 1 is 1.16 bits per heavy atom. The smallest absolute Gasteiger partial charge is 0.206 e. The molecule has 1 aromatic carbocycles. The van der Waals surface area contributed by atoms with E-state index in [-0.39, 0.29) is 0 Å². The monoisotopic (exact) mass is 258 g/mol. The van der Waals surface area contributed by atoms with E-state index in [1.807, 2.05) is 50.2 Å². The Labute approximate surface area is 113 Å². The number of ether oxygens (including phenoxy) is 1. The quantitative estimate of drug-likeness (QED) is 0.861. The van der Waals surface area contributed by atoms with Crippen molar-refractivity contribution in [3.63, 3.8) is 0 Å². The highest BCUT2D eigenvalue weighted by molar-refractivity contribution is 5.44. The molecule has 1 aromatic heterocycles. The third-order valence-electron chi connectivity index (χ3n) is 2.21. The molecule has 0 aliphatic rings. The van der Waals surface area contributed by atoms with Crippen molar-refractivity contribution in [2.45, 2.75) is 13.8 Å². The SMILES string of the molecule is CNC=O.Cc1cccc(Oc2ccnc(C)c2)c1. The molecule has 1 N–H and O–H groups in total. The first-order valence-corrected chi connectivity index (χ1v) is 5.94. The molecule has 0 fully saturated rings. The van der Waals surface area contributed by atoms with Crippen LogP contribution in [0, 0.1) is 13.8 Å². The summed E-state index contributed by atoms with van der Waals surface area (Å²) in [5, 5.41) is 2.25. The lowest BCUT2D eigenvalue weighted by Gasteiger charge is -2.06. The second kappa shape index (κ2) is 7.87. The van der Waals surface area contributed by atoms with Gasteiger partial charge in [0.2, 0.25) is 6.41 Å². The van der Waals surface area contributed by atoms with E-state index in [9.17, 15) is 0 Å². The Bertz CT molecular complexity index is 484. The van der Waals surface area contributed by atoms with Crippen LogP contribution in [0.15, 0.2) is 42.6 Å². The Balaban J connectivity index is 0.000000399. The summed E-state index contributed by atoms with van der Waals surface area (Å²) in [5.41, 5.74) is 2.15. The summed E-state index contributed by atoms with van der Waals surface area (Å²) in [6.07, 6.45) is 2.38. The lowest BCUT2D eigenvalue weighted by molar-refractivity contribution is -0.109. The van der Waals surface area contributed by atoms with Gasteiger partial charge < -0.3 is 10.1 Å². The Hall–Kier alpha value is -2.36. The molecule has 4 nitrogen and oxygen atoms in total. The second-order valence-corrected chi connectivity index (χ2v) is 3.96. The Morgan fingerprint density at radius 2 is 1.84 bits per heavy atom. The molecule has 0 aliphatic carbocycles. The van der Waals surface area contributed by atoms with Gasteiger partial charge in [-0.25, -0.2) is 0 Å². The van der Waals surface area contributed by atoms with Crippen molar-refractivity contribution in [2.75, 3.05) is 7.05 Å². The molecule has 4 heteroatoms. The van der Waals surface area contributed by atoms with Crippen molar-refractivity contribution in [3.8, 4) is 11.5 Å². The number of aryl methyl sites for hydroxylation is 2. The summed E-state index contributed by atoms with van der Waals surface area (Å²) in [4.78, 5) is 13.2. The number of hydrogen-bond donors (Lipinski definition) is 1. The molecule has 1 heterocycles. The van der Waals surface area contributed by atoms with Crippen LogP contribution in [0.25, 0.3) is 0 Å². The minimum absolute atomic E-state index is 0.625. The maximum absolute atomic E-state index is 9.06. The van der Waals surface area contributed by atoms with Crippen LogP contribution in [0.5, 0.6) is 11.5 Å². The molecule has 0 spiro atoms. The number of nitrogens with one attached hydrogen (secondary N) is 1. The summed E-state index contributed by atoms with van der Waals surface area (Å²) >= 11 is 0. The predicted molar refractivity (Wildman–Crippen MR) is 75.4 cm³/mol. The Kier molecular flexibility index (Phi) is 6.09. The third-order valence-corrected chi connectivity index (χ3v) is 2.21. The maximum atomic E-state index is 9.06. The van der Waals surface area contributed by atoms with Crippen molar-refractivity contribution in [1.82, 2.24) is 10.3 Å². The van der Waals surface area contributed by atoms with Crippen LogP contribution < -0.4 is 10.1 Å². The van der Waals surface area contributed by atoms with Gasteiger partial charge in [-0.05, 0) is 37.6 Å². The fourth-order valence-corrected chi connectivity index (χ4v) is 1.40. The minimum Gasteiger partial charge on any atom is -0.457 e. The first-order chi connectivity index (χ1) is 9.15. The van der Waals surface area contributed by atoms with Crippen molar-refractivity contribution >= 4 is 6.41 Å². The second-order valence-electron chi connectivity index (χ2n) is 3.96. The topological polar surface area (TPSA) is 51.2 Å². The molecule has 0 saturated carbocycles. The lowest BCUT2D eigenvalue weighted by atomic mass is 10.2. The van der Waals surface area contributed by atoms with Crippen LogP contribution in [0.1, 0.15) is 11.3 Å². The summed E-state index contributed by atoms with van der Waals surface area (Å²) in [6.45, 7) is 3.99. The van der Waals surface area contributed by atoms with E-state index in [2.05, 4.69) is 10.3 Å². The van der Waals surface area contributed by atoms with Gasteiger partial charge in [-0.2, -0.15) is 0 Å². The Morgan fingerprint density at radius 3 is 2.42 bits per heavy atom. The molecule has 0 bridgehead atoms. The van der Waals surface area contributed by atoms with Crippen LogP contribution in [0.2, 0.25) is 0 Å². The van der Waals surface area contributed by atoms with E-state index in [4.69, 9.17) is 9.53 Å². The normalized spacial score (nSPS) is 9.00. The van der Waals surface area contributed by atoms with Crippen LogP contribution in [-0.2, 0) is 4.79 Å². The van der Waals surface area contributed by atoms with Gasteiger partial charge in [0.05, 0.1) is 0 Å². The zero-order chi connectivity index (χ0) is 14.1. The lowest BCUT2D eigenvalue weighted by Crippen LogP contribution is -1.98. The zero-order valence-electron chi connectivity index (χ0n) is 11.4. The molecule has 2 aromatic rings. The van der Waals surface area contributed by atoms with Crippen LogP contribution >= 0.6 is 0 Å². The number of hydrogen-bond acceptors (Lipinski definition) is 3. The molecule has 0 saturated heterocycles. The molecule has 2 rings (SSSR count). The number of amides is 1. The fourth-order valence-electron chi connectivity index (χ4n) is 1.40. The average Bonchev–Trinajstić information content (AvgIpc) is 2.39. The van der Waals surface area contributed by atoms with E-state index in [1.165, 1.54) is 5.56 Å². The molecule has 19 heavy (non-hydrogen) atoms. The molecular formula is C15H18N2O2. The van der Waals surface area contributed by atoms with E-state index < -0.39 is 0 Å². The van der Waals surface area contributed by atoms with Crippen molar-refractivity contribution in [1.29, 1.82) is 0 Å². The fraction of sp³-hybridized carbons (Fsp3) is 0.200. The van der Waals surface area contributed by atoms with Gasteiger partial charge in [0, 0.05) is 25.0 Å². The third kappa shape index (κ3) is 5.68. The van der Waals surface area contributed by atoms with Crippen molar-refractivity contribution in [3.05, 3.63) is 53.9 Å². The number of carbonyl (C=O) groups excluding carboxylic acids is 1. The average molecular weight is 258 g/mol. The van der Waals surface area contributed by atoms with Gasteiger partial charge in [0.15, 0.2) is 0 Å². The molecule has 0 unspecified atom stereocenters. The number of pyridine rings is 1.